The van der Waals surface area contributed by atoms with Crippen LogP contribution in [0.5, 0.6) is 0 Å². The van der Waals surface area contributed by atoms with Crippen molar-refractivity contribution in [2.75, 3.05) is 19.8 Å². The first-order chi connectivity index (χ1) is 10.7. The number of hydrogen-bond donors (Lipinski definition) is 3. The van der Waals surface area contributed by atoms with E-state index in [0.717, 1.165) is 19.3 Å². The van der Waals surface area contributed by atoms with Crippen molar-refractivity contribution in [1.82, 2.24) is 0 Å². The Morgan fingerprint density at radius 3 is 2.27 bits per heavy atom. The summed E-state index contributed by atoms with van der Waals surface area (Å²) in [5.41, 5.74) is 0. The van der Waals surface area contributed by atoms with Crippen molar-refractivity contribution in [3.63, 3.8) is 0 Å². The lowest BCUT2D eigenvalue weighted by Crippen LogP contribution is -2.55. The Bertz CT molecular complexity index is 284. The molecule has 0 amide bonds. The highest BCUT2D eigenvalue weighted by atomic mass is 16.6. The number of hydrogen-bond acceptors (Lipinski definition) is 5. The first-order valence-corrected chi connectivity index (χ1v) is 8.51. The average Bonchev–Trinajstić information content (AvgIpc) is 2.53. The lowest BCUT2D eigenvalue weighted by atomic mass is 10.0. The molecular weight excluding hydrogens is 284 g/mol. The summed E-state index contributed by atoms with van der Waals surface area (Å²) in [5.74, 6) is 0. The van der Waals surface area contributed by atoms with Gasteiger partial charge in [-0.05, 0) is 19.3 Å². The molecule has 0 spiro atoms. The topological polar surface area (TPSA) is 79.2 Å². The Hall–Kier alpha value is -0.460. The van der Waals surface area contributed by atoms with Crippen molar-refractivity contribution in [1.29, 1.82) is 0 Å². The van der Waals surface area contributed by atoms with Crippen LogP contribution in [-0.2, 0) is 9.47 Å². The highest BCUT2D eigenvalue weighted by Crippen LogP contribution is 2.18. The molecule has 0 saturated carbocycles. The van der Waals surface area contributed by atoms with Crippen molar-refractivity contribution in [2.24, 2.45) is 0 Å². The fourth-order valence-electron chi connectivity index (χ4n) is 2.67. The van der Waals surface area contributed by atoms with Gasteiger partial charge >= 0.3 is 0 Å². The lowest BCUT2D eigenvalue weighted by Gasteiger charge is -2.36. The van der Waals surface area contributed by atoms with Gasteiger partial charge in [-0.1, -0.05) is 38.2 Å². The van der Waals surface area contributed by atoms with E-state index in [1.54, 1.807) is 0 Å². The minimum absolute atomic E-state index is 0.215. The Balaban J connectivity index is 1.97. The van der Waals surface area contributed by atoms with E-state index < -0.39 is 24.4 Å². The van der Waals surface area contributed by atoms with Crippen LogP contribution in [0.3, 0.4) is 0 Å². The third-order valence-corrected chi connectivity index (χ3v) is 4.15. The smallest absolute Gasteiger partial charge is 0.111 e. The molecule has 0 aromatic carbocycles. The molecule has 130 valence electrons. The Morgan fingerprint density at radius 2 is 1.64 bits per heavy atom. The van der Waals surface area contributed by atoms with Crippen LogP contribution in [0.1, 0.15) is 51.4 Å². The maximum atomic E-state index is 9.91. The van der Waals surface area contributed by atoms with Gasteiger partial charge in [0.2, 0.25) is 0 Å². The minimum atomic E-state index is -1.08. The standard InChI is InChI=1S/C17H32O5/c1-2-3-4-5-6-7-8-9-10-11-21-15-13-22-14(12-18)16(19)17(15)20/h2,14-20H,1,3-13H2/t14-,15+,16-,17-/m0/s1. The van der Waals surface area contributed by atoms with Crippen LogP contribution >= 0.6 is 0 Å². The predicted molar refractivity (Wildman–Crippen MR) is 85.7 cm³/mol. The first-order valence-electron chi connectivity index (χ1n) is 8.51. The number of unbranched alkanes of at least 4 members (excludes halogenated alkanes) is 7. The number of aliphatic hydroxyl groups is 3. The van der Waals surface area contributed by atoms with Crippen LogP contribution in [0, 0.1) is 0 Å². The van der Waals surface area contributed by atoms with E-state index >= 15 is 0 Å². The summed E-state index contributed by atoms with van der Waals surface area (Å²) >= 11 is 0. The second kappa shape index (κ2) is 12.0. The summed E-state index contributed by atoms with van der Waals surface area (Å²) in [7, 11) is 0. The Kier molecular flexibility index (Phi) is 10.7. The second-order valence-electron chi connectivity index (χ2n) is 6.00. The molecule has 5 nitrogen and oxygen atoms in total. The summed E-state index contributed by atoms with van der Waals surface area (Å²) < 4.78 is 10.9. The van der Waals surface area contributed by atoms with Crippen LogP contribution in [-0.4, -0.2) is 59.6 Å². The third-order valence-electron chi connectivity index (χ3n) is 4.15. The van der Waals surface area contributed by atoms with Crippen molar-refractivity contribution < 1.29 is 24.8 Å². The Labute approximate surface area is 133 Å². The van der Waals surface area contributed by atoms with Crippen LogP contribution in [0.15, 0.2) is 12.7 Å². The van der Waals surface area contributed by atoms with Gasteiger partial charge in [-0.3, -0.25) is 0 Å². The highest BCUT2D eigenvalue weighted by molar-refractivity contribution is 4.87. The molecule has 0 bridgehead atoms. The van der Waals surface area contributed by atoms with Crippen LogP contribution in [0.2, 0.25) is 0 Å². The normalized spacial score (nSPS) is 28.7. The molecule has 4 atom stereocenters. The molecule has 0 radical (unpaired) electrons. The zero-order valence-corrected chi connectivity index (χ0v) is 13.5. The SMILES string of the molecule is C=CCCCCCCCCCO[C@@H]1CO[C@@H](CO)[C@H](O)[C@H]1O. The fourth-order valence-corrected chi connectivity index (χ4v) is 2.67. The number of allylic oxidation sites excluding steroid dienone is 1. The average molecular weight is 316 g/mol. The molecular formula is C17H32O5. The molecule has 1 aliphatic heterocycles. The van der Waals surface area contributed by atoms with Gasteiger partial charge in [0.25, 0.3) is 0 Å². The van der Waals surface area contributed by atoms with Gasteiger partial charge in [0.1, 0.15) is 24.4 Å². The molecule has 1 rings (SSSR count). The fraction of sp³-hybridized carbons (Fsp3) is 0.882. The van der Waals surface area contributed by atoms with Gasteiger partial charge in [-0.2, -0.15) is 0 Å². The molecule has 1 aliphatic rings. The molecule has 1 heterocycles. The Morgan fingerprint density at radius 1 is 1.00 bits per heavy atom. The van der Waals surface area contributed by atoms with Gasteiger partial charge in [0.05, 0.1) is 13.2 Å². The summed E-state index contributed by atoms with van der Waals surface area (Å²) in [5, 5.41) is 28.6. The number of aliphatic hydroxyl groups excluding tert-OH is 3. The molecule has 1 fully saturated rings. The van der Waals surface area contributed by atoms with Crippen molar-refractivity contribution in [2.45, 2.75) is 75.8 Å². The largest absolute Gasteiger partial charge is 0.394 e. The molecule has 22 heavy (non-hydrogen) atoms. The van der Waals surface area contributed by atoms with E-state index in [2.05, 4.69) is 6.58 Å². The lowest BCUT2D eigenvalue weighted by molar-refractivity contribution is -0.208. The summed E-state index contributed by atoms with van der Waals surface area (Å²) in [4.78, 5) is 0. The third kappa shape index (κ3) is 7.20. The van der Waals surface area contributed by atoms with Gasteiger partial charge in [-0.15, -0.1) is 6.58 Å². The summed E-state index contributed by atoms with van der Waals surface area (Å²) in [6.45, 7) is 4.21. The van der Waals surface area contributed by atoms with E-state index in [1.807, 2.05) is 6.08 Å². The van der Waals surface area contributed by atoms with E-state index in [0.29, 0.717) is 6.61 Å². The highest BCUT2D eigenvalue weighted by Gasteiger charge is 2.38. The molecule has 5 heteroatoms. The molecule has 0 aliphatic carbocycles. The number of rotatable bonds is 12. The summed E-state index contributed by atoms with van der Waals surface area (Å²) in [6.07, 6.45) is 8.12. The zero-order chi connectivity index (χ0) is 16.2. The van der Waals surface area contributed by atoms with Gasteiger partial charge in [0, 0.05) is 6.61 Å². The molecule has 0 aromatic rings. The van der Waals surface area contributed by atoms with E-state index in [-0.39, 0.29) is 13.2 Å². The second-order valence-corrected chi connectivity index (χ2v) is 6.00. The first kappa shape index (κ1) is 19.6. The van der Waals surface area contributed by atoms with Gasteiger partial charge in [-0.25, -0.2) is 0 Å². The molecule has 1 saturated heterocycles. The predicted octanol–water partition coefficient (Wildman–Crippen LogP) is 1.79. The molecule has 0 aromatic heterocycles. The van der Waals surface area contributed by atoms with Crippen molar-refractivity contribution in [3.8, 4) is 0 Å². The van der Waals surface area contributed by atoms with Crippen LogP contribution < -0.4 is 0 Å². The number of ether oxygens (including phenoxy) is 2. The van der Waals surface area contributed by atoms with Crippen molar-refractivity contribution in [3.05, 3.63) is 12.7 Å². The van der Waals surface area contributed by atoms with Gasteiger partial charge < -0.3 is 24.8 Å². The van der Waals surface area contributed by atoms with E-state index in [9.17, 15) is 10.2 Å². The molecule has 0 unspecified atom stereocenters. The summed E-state index contributed by atoms with van der Waals surface area (Å²) in [6, 6.07) is 0. The van der Waals surface area contributed by atoms with Crippen LogP contribution in [0.4, 0.5) is 0 Å². The van der Waals surface area contributed by atoms with Crippen LogP contribution in [0.25, 0.3) is 0 Å². The maximum Gasteiger partial charge on any atom is 0.111 e. The minimum Gasteiger partial charge on any atom is -0.394 e. The quantitative estimate of drug-likeness (QED) is 0.378. The van der Waals surface area contributed by atoms with Crippen molar-refractivity contribution >= 4 is 0 Å². The van der Waals surface area contributed by atoms with E-state index in [1.165, 1.54) is 32.1 Å². The maximum absolute atomic E-state index is 9.91. The zero-order valence-electron chi connectivity index (χ0n) is 13.5. The van der Waals surface area contributed by atoms with Gasteiger partial charge in [0.15, 0.2) is 0 Å². The molecule has 3 N–H and O–H groups in total. The van der Waals surface area contributed by atoms with E-state index in [4.69, 9.17) is 14.6 Å². The monoisotopic (exact) mass is 316 g/mol.